The smallest absolute Gasteiger partial charge is 0.319 e. The number of carbonyl (C=O) groups is 1. The number of hydrogen-bond acceptors (Lipinski definition) is 4. The summed E-state index contributed by atoms with van der Waals surface area (Å²) < 4.78 is 0.436. The molecule has 0 saturated carbocycles. The molecular weight excluding hydrogens is 300 g/mol. The van der Waals surface area contributed by atoms with Gasteiger partial charge in [0, 0.05) is 18.0 Å². The molecule has 0 aromatic carbocycles. The summed E-state index contributed by atoms with van der Waals surface area (Å²) in [6.45, 7) is 3.24. The Hall–Kier alpha value is -1.53. The zero-order chi connectivity index (χ0) is 14.9. The molecule has 1 N–H and O–H groups in total. The molecule has 0 atom stereocenters. The molecule has 0 amide bonds. The topological polar surface area (TPSA) is 71.7 Å². The Balaban J connectivity index is 2.31. The fourth-order valence-corrected chi connectivity index (χ4v) is 2.46. The zero-order valence-electron chi connectivity index (χ0n) is 11.0. The summed E-state index contributed by atoms with van der Waals surface area (Å²) in [5, 5.41) is 9.51. The molecule has 2 rings (SSSR count). The van der Waals surface area contributed by atoms with Gasteiger partial charge in [-0.2, -0.15) is 0 Å². The molecule has 0 aliphatic heterocycles. The summed E-state index contributed by atoms with van der Waals surface area (Å²) in [6, 6.07) is 4.70. The van der Waals surface area contributed by atoms with Crippen LogP contribution in [0.2, 0.25) is 5.02 Å². The number of rotatable bonds is 4. The van der Waals surface area contributed by atoms with Crippen molar-refractivity contribution in [2.24, 2.45) is 0 Å². The Morgan fingerprint density at radius 3 is 2.85 bits per heavy atom. The van der Waals surface area contributed by atoms with E-state index in [9.17, 15) is 9.59 Å². The van der Waals surface area contributed by atoms with Crippen molar-refractivity contribution in [1.29, 1.82) is 0 Å². The van der Waals surface area contributed by atoms with Gasteiger partial charge in [0.25, 0.3) is 5.56 Å². The lowest BCUT2D eigenvalue weighted by Crippen LogP contribution is -2.27. The maximum atomic E-state index is 11.9. The molecule has 0 aliphatic rings. The van der Waals surface area contributed by atoms with Crippen LogP contribution in [-0.4, -0.2) is 25.2 Å². The van der Waals surface area contributed by atoms with Gasteiger partial charge in [-0.15, -0.1) is 11.8 Å². The Morgan fingerprint density at radius 2 is 2.20 bits per heavy atom. The minimum Gasteiger partial charge on any atom is -0.480 e. The first-order chi connectivity index (χ1) is 9.29. The largest absolute Gasteiger partial charge is 0.480 e. The van der Waals surface area contributed by atoms with Crippen LogP contribution in [0.5, 0.6) is 0 Å². The number of aromatic nitrogens is 2. The van der Waals surface area contributed by atoms with Gasteiger partial charge in [0.15, 0.2) is 0 Å². The number of thioether (sulfide) groups is 1. The van der Waals surface area contributed by atoms with E-state index in [1.165, 1.54) is 28.4 Å². The molecule has 2 aromatic heterocycles. The highest BCUT2D eigenvalue weighted by Gasteiger charge is 2.27. The highest BCUT2D eigenvalue weighted by Crippen LogP contribution is 2.27. The van der Waals surface area contributed by atoms with Crippen molar-refractivity contribution in [3.63, 3.8) is 0 Å². The van der Waals surface area contributed by atoms with Gasteiger partial charge < -0.3 is 5.11 Å². The second-order valence-electron chi connectivity index (χ2n) is 4.77. The van der Waals surface area contributed by atoms with Gasteiger partial charge >= 0.3 is 5.97 Å². The second-order valence-corrected chi connectivity index (χ2v) is 6.80. The van der Waals surface area contributed by atoms with E-state index in [4.69, 9.17) is 16.7 Å². The van der Waals surface area contributed by atoms with Crippen molar-refractivity contribution in [2.75, 3.05) is 0 Å². The number of carboxylic acids is 1. The average Bonchev–Trinajstić information content (AvgIpc) is 2.37. The molecule has 0 fully saturated rings. The monoisotopic (exact) mass is 312 g/mol. The van der Waals surface area contributed by atoms with Crippen LogP contribution in [0.25, 0.3) is 5.65 Å². The summed E-state index contributed by atoms with van der Waals surface area (Å²) in [5.74, 6) is -0.542. The maximum Gasteiger partial charge on any atom is 0.319 e. The lowest BCUT2D eigenvalue weighted by molar-refractivity contribution is -0.138. The number of aliphatic carboxylic acids is 1. The Bertz CT molecular complexity index is 727. The van der Waals surface area contributed by atoms with Crippen molar-refractivity contribution in [2.45, 2.75) is 24.3 Å². The van der Waals surface area contributed by atoms with Gasteiger partial charge in [-0.05, 0) is 26.0 Å². The van der Waals surface area contributed by atoms with Crippen LogP contribution >= 0.6 is 23.4 Å². The number of pyridine rings is 1. The standard InChI is InChI=1S/C13H13ClN2O3S/c1-13(2,12(18)19)20-7-9-5-11(17)16-6-8(14)3-4-10(16)15-9/h3-6H,7H2,1-2H3,(H,18,19). The normalized spacial score (nSPS) is 11.8. The summed E-state index contributed by atoms with van der Waals surface area (Å²) in [6.07, 6.45) is 1.50. The third kappa shape index (κ3) is 3.13. The molecule has 20 heavy (non-hydrogen) atoms. The predicted octanol–water partition coefficient (Wildman–Crippen LogP) is 2.44. The van der Waals surface area contributed by atoms with Crippen molar-refractivity contribution in [3.8, 4) is 0 Å². The van der Waals surface area contributed by atoms with E-state index in [1.807, 2.05) is 0 Å². The van der Waals surface area contributed by atoms with E-state index in [2.05, 4.69) is 4.98 Å². The van der Waals surface area contributed by atoms with Crippen molar-refractivity contribution < 1.29 is 9.90 Å². The van der Waals surface area contributed by atoms with Crippen LogP contribution in [0.4, 0.5) is 0 Å². The van der Waals surface area contributed by atoms with Crippen LogP contribution in [0.15, 0.2) is 29.2 Å². The zero-order valence-corrected chi connectivity index (χ0v) is 12.5. The van der Waals surface area contributed by atoms with Crippen molar-refractivity contribution in [1.82, 2.24) is 9.38 Å². The van der Waals surface area contributed by atoms with Gasteiger partial charge in [0.1, 0.15) is 10.4 Å². The molecule has 0 bridgehead atoms. The molecule has 0 spiro atoms. The molecule has 2 heterocycles. The third-order valence-corrected chi connectivity index (χ3v) is 4.33. The molecule has 2 aromatic rings. The summed E-state index contributed by atoms with van der Waals surface area (Å²) in [4.78, 5) is 27.3. The predicted molar refractivity (Wildman–Crippen MR) is 79.5 cm³/mol. The average molecular weight is 313 g/mol. The van der Waals surface area contributed by atoms with Gasteiger partial charge in [-0.3, -0.25) is 14.0 Å². The van der Waals surface area contributed by atoms with Crippen molar-refractivity contribution >= 4 is 35.0 Å². The van der Waals surface area contributed by atoms with Crippen LogP contribution in [0.1, 0.15) is 19.5 Å². The number of nitrogens with zero attached hydrogens (tertiary/aromatic N) is 2. The molecule has 0 aliphatic carbocycles. The molecule has 0 saturated heterocycles. The summed E-state index contributed by atoms with van der Waals surface area (Å²) >= 11 is 7.05. The van der Waals surface area contributed by atoms with Crippen LogP contribution in [0.3, 0.4) is 0 Å². The molecule has 106 valence electrons. The Kier molecular flexibility index (Phi) is 4.06. The molecule has 7 heteroatoms. The number of carboxylic acid groups (broad SMARTS) is 1. The van der Waals surface area contributed by atoms with E-state index in [0.717, 1.165) is 0 Å². The fraction of sp³-hybridized carbons (Fsp3) is 0.308. The van der Waals surface area contributed by atoms with Crippen molar-refractivity contribution in [3.05, 3.63) is 45.5 Å². The van der Waals surface area contributed by atoms with Gasteiger partial charge in [0.05, 0.1) is 10.7 Å². The van der Waals surface area contributed by atoms with Crippen LogP contribution in [0, 0.1) is 0 Å². The minimum atomic E-state index is -0.924. The highest BCUT2D eigenvalue weighted by molar-refractivity contribution is 8.00. The number of fused-ring (bicyclic) bond motifs is 1. The molecule has 0 radical (unpaired) electrons. The first-order valence-corrected chi connectivity index (χ1v) is 7.21. The van der Waals surface area contributed by atoms with Crippen LogP contribution in [-0.2, 0) is 10.5 Å². The fourth-order valence-electron chi connectivity index (χ4n) is 1.52. The Morgan fingerprint density at radius 1 is 1.50 bits per heavy atom. The molecular formula is C13H13ClN2O3S. The van der Waals surface area contributed by atoms with E-state index < -0.39 is 10.7 Å². The number of hydrogen-bond donors (Lipinski definition) is 1. The quantitative estimate of drug-likeness (QED) is 0.939. The van der Waals surface area contributed by atoms with Gasteiger partial charge in [0.2, 0.25) is 0 Å². The van der Waals surface area contributed by atoms with Gasteiger partial charge in [-0.25, -0.2) is 4.98 Å². The number of halogens is 1. The SMILES string of the molecule is CC(C)(SCc1cc(=O)n2cc(Cl)ccc2n1)C(=O)O. The van der Waals surface area contributed by atoms with E-state index in [-0.39, 0.29) is 5.56 Å². The van der Waals surface area contributed by atoms with E-state index in [0.29, 0.717) is 22.1 Å². The minimum absolute atomic E-state index is 0.235. The van der Waals surface area contributed by atoms with E-state index in [1.54, 1.807) is 26.0 Å². The molecule has 0 unspecified atom stereocenters. The lowest BCUT2D eigenvalue weighted by Gasteiger charge is -2.17. The first kappa shape index (κ1) is 14.9. The second kappa shape index (κ2) is 5.46. The summed E-state index contributed by atoms with van der Waals surface area (Å²) in [5.41, 5.74) is 0.809. The Labute approximate surface area is 124 Å². The van der Waals surface area contributed by atoms with Crippen LogP contribution < -0.4 is 5.56 Å². The van der Waals surface area contributed by atoms with Gasteiger partial charge in [-0.1, -0.05) is 11.6 Å². The first-order valence-electron chi connectivity index (χ1n) is 5.85. The summed E-state index contributed by atoms with van der Waals surface area (Å²) in [7, 11) is 0. The lowest BCUT2D eigenvalue weighted by atomic mass is 10.2. The third-order valence-electron chi connectivity index (χ3n) is 2.77. The highest BCUT2D eigenvalue weighted by atomic mass is 35.5. The maximum absolute atomic E-state index is 11.9. The van der Waals surface area contributed by atoms with E-state index >= 15 is 0 Å². The molecule has 5 nitrogen and oxygen atoms in total.